The number of amides is 3. The fraction of sp³-hybridized carbons (Fsp3) is 0.200. The van der Waals surface area contributed by atoms with Gasteiger partial charge in [-0.15, -0.1) is 0 Å². The van der Waals surface area contributed by atoms with Crippen LogP contribution in [0.1, 0.15) is 24.1 Å². The Bertz CT molecular complexity index is 893. The molecule has 3 rings (SSSR count). The molecule has 0 fully saturated rings. The van der Waals surface area contributed by atoms with Crippen LogP contribution in [0.15, 0.2) is 59.8 Å². The van der Waals surface area contributed by atoms with E-state index >= 15 is 0 Å². The van der Waals surface area contributed by atoms with E-state index in [0.29, 0.717) is 23.4 Å². The minimum atomic E-state index is -0.663. The van der Waals surface area contributed by atoms with Crippen molar-refractivity contribution in [2.45, 2.75) is 19.5 Å². The van der Waals surface area contributed by atoms with Crippen LogP contribution in [0, 0.1) is 0 Å². The van der Waals surface area contributed by atoms with Gasteiger partial charge < -0.3 is 25.8 Å². The number of aromatic hydroxyl groups is 1. The normalized spacial score (nSPS) is 16.4. The molecule has 1 unspecified atom stereocenters. The second-order valence-electron chi connectivity index (χ2n) is 6.17. The molecule has 0 bridgehead atoms. The van der Waals surface area contributed by atoms with Crippen LogP contribution in [0.3, 0.4) is 0 Å². The number of hydrogen-bond donors (Lipinski definition) is 4. The van der Waals surface area contributed by atoms with Crippen molar-refractivity contribution in [3.63, 3.8) is 0 Å². The van der Waals surface area contributed by atoms with E-state index in [9.17, 15) is 14.7 Å². The highest BCUT2D eigenvalue weighted by atomic mass is 16.5. The predicted molar refractivity (Wildman–Crippen MR) is 100 cm³/mol. The number of phenolic OH excluding ortho intramolecular Hbond substituents is 1. The fourth-order valence-electron chi connectivity index (χ4n) is 2.99. The first-order valence-electron chi connectivity index (χ1n) is 8.47. The van der Waals surface area contributed by atoms with Gasteiger partial charge in [0.2, 0.25) is 0 Å². The molecule has 7 nitrogen and oxygen atoms in total. The molecule has 1 heterocycles. The zero-order valence-corrected chi connectivity index (χ0v) is 15.1. The highest BCUT2D eigenvalue weighted by Gasteiger charge is 2.31. The maximum atomic E-state index is 12.9. The Kier molecular flexibility index (Phi) is 5.30. The van der Waals surface area contributed by atoms with Gasteiger partial charge in [-0.3, -0.25) is 4.79 Å². The van der Waals surface area contributed by atoms with Crippen molar-refractivity contribution < 1.29 is 19.4 Å². The zero-order chi connectivity index (χ0) is 19.4. The highest BCUT2D eigenvalue weighted by molar-refractivity contribution is 5.98. The predicted octanol–water partition coefficient (Wildman–Crippen LogP) is 2.35. The van der Waals surface area contributed by atoms with Crippen LogP contribution in [0.25, 0.3) is 0 Å². The molecule has 0 aliphatic carbocycles. The number of phenols is 1. The van der Waals surface area contributed by atoms with Gasteiger partial charge in [0, 0.05) is 12.2 Å². The highest BCUT2D eigenvalue weighted by Crippen LogP contribution is 2.33. The number of nitrogens with one attached hydrogen (secondary N) is 3. The summed E-state index contributed by atoms with van der Waals surface area (Å²) in [4.78, 5) is 24.8. The smallest absolute Gasteiger partial charge is 0.319 e. The lowest BCUT2D eigenvalue weighted by Crippen LogP contribution is -2.46. The number of methoxy groups -OCH3 is 1. The summed E-state index contributed by atoms with van der Waals surface area (Å²) in [7, 11) is 1.44. The molecule has 0 saturated heterocycles. The number of rotatable bonds is 5. The maximum absolute atomic E-state index is 12.9. The average Bonchev–Trinajstić information content (AvgIpc) is 2.66. The summed E-state index contributed by atoms with van der Waals surface area (Å²) in [6, 6.07) is 13.2. The Labute approximate surface area is 157 Å². The summed E-state index contributed by atoms with van der Waals surface area (Å²) < 4.78 is 5.14. The van der Waals surface area contributed by atoms with Crippen molar-refractivity contribution in [1.29, 1.82) is 0 Å². The summed E-state index contributed by atoms with van der Waals surface area (Å²) in [5.74, 6) is -0.0415. The van der Waals surface area contributed by atoms with Gasteiger partial charge in [-0.1, -0.05) is 36.4 Å². The third kappa shape index (κ3) is 4.03. The van der Waals surface area contributed by atoms with E-state index in [1.165, 1.54) is 13.2 Å². The van der Waals surface area contributed by atoms with Gasteiger partial charge in [0.05, 0.1) is 18.7 Å². The van der Waals surface area contributed by atoms with Crippen LogP contribution >= 0.6 is 0 Å². The topological polar surface area (TPSA) is 99.7 Å². The molecular formula is C20H21N3O4. The van der Waals surface area contributed by atoms with Crippen LogP contribution in [-0.4, -0.2) is 24.2 Å². The molecule has 0 radical (unpaired) electrons. The summed E-state index contributed by atoms with van der Waals surface area (Å²) in [6.07, 6.45) is 0. The van der Waals surface area contributed by atoms with Gasteiger partial charge in [0.15, 0.2) is 11.5 Å². The number of benzene rings is 2. The SMILES string of the molecule is COc1cc(C2NC(=O)NC(C)=C2C(=O)NCc2ccccc2)ccc1O. The van der Waals surface area contributed by atoms with E-state index in [2.05, 4.69) is 16.0 Å². The summed E-state index contributed by atoms with van der Waals surface area (Å²) in [5.41, 5.74) is 2.48. The first kappa shape index (κ1) is 18.3. The summed E-state index contributed by atoms with van der Waals surface area (Å²) in [6.45, 7) is 2.05. The molecule has 140 valence electrons. The van der Waals surface area contributed by atoms with Crippen molar-refractivity contribution in [2.75, 3.05) is 7.11 Å². The first-order valence-corrected chi connectivity index (χ1v) is 8.47. The van der Waals surface area contributed by atoms with Gasteiger partial charge in [-0.2, -0.15) is 0 Å². The van der Waals surface area contributed by atoms with E-state index in [4.69, 9.17) is 4.74 Å². The Hall–Kier alpha value is -3.48. The molecule has 1 aliphatic rings. The van der Waals surface area contributed by atoms with E-state index in [0.717, 1.165) is 5.56 Å². The second-order valence-corrected chi connectivity index (χ2v) is 6.17. The number of allylic oxidation sites excluding steroid dienone is 1. The van der Waals surface area contributed by atoms with E-state index in [-0.39, 0.29) is 17.4 Å². The van der Waals surface area contributed by atoms with Crippen molar-refractivity contribution in [1.82, 2.24) is 16.0 Å². The molecule has 1 aliphatic heterocycles. The molecule has 4 N–H and O–H groups in total. The van der Waals surface area contributed by atoms with Gasteiger partial charge >= 0.3 is 6.03 Å². The maximum Gasteiger partial charge on any atom is 0.319 e. The Morgan fingerprint density at radius 3 is 2.67 bits per heavy atom. The number of urea groups is 1. The standard InChI is InChI=1S/C20H21N3O4/c1-12-17(19(25)21-11-13-6-4-3-5-7-13)18(23-20(26)22-12)14-8-9-15(24)16(10-14)27-2/h3-10,18,24H,11H2,1-2H3,(H,21,25)(H2,22,23,26). The number of carbonyl (C=O) groups is 2. The van der Waals surface area contributed by atoms with Crippen molar-refractivity contribution in [3.8, 4) is 11.5 Å². The van der Waals surface area contributed by atoms with E-state index in [1.54, 1.807) is 19.1 Å². The molecule has 2 aromatic carbocycles. The fourth-order valence-corrected chi connectivity index (χ4v) is 2.99. The van der Waals surface area contributed by atoms with Crippen LogP contribution in [0.5, 0.6) is 11.5 Å². The number of hydrogen-bond acceptors (Lipinski definition) is 4. The molecule has 0 spiro atoms. The largest absolute Gasteiger partial charge is 0.504 e. The van der Waals surface area contributed by atoms with Crippen LogP contribution < -0.4 is 20.7 Å². The molecule has 1 atom stereocenters. The zero-order valence-electron chi connectivity index (χ0n) is 15.1. The molecule has 0 aromatic heterocycles. The minimum absolute atomic E-state index is 0.0164. The van der Waals surface area contributed by atoms with E-state index in [1.807, 2.05) is 30.3 Å². The molecule has 7 heteroatoms. The Morgan fingerprint density at radius 1 is 1.22 bits per heavy atom. The quantitative estimate of drug-likeness (QED) is 0.652. The lowest BCUT2D eigenvalue weighted by Gasteiger charge is -2.29. The van der Waals surface area contributed by atoms with Crippen LogP contribution in [0.2, 0.25) is 0 Å². The van der Waals surface area contributed by atoms with Gasteiger partial charge in [-0.25, -0.2) is 4.79 Å². The molecular weight excluding hydrogens is 346 g/mol. The van der Waals surface area contributed by atoms with E-state index < -0.39 is 12.1 Å². The van der Waals surface area contributed by atoms with Gasteiger partial charge in [-0.05, 0) is 30.2 Å². The van der Waals surface area contributed by atoms with Crippen LogP contribution in [0.4, 0.5) is 4.79 Å². The minimum Gasteiger partial charge on any atom is -0.504 e. The average molecular weight is 367 g/mol. The van der Waals surface area contributed by atoms with Crippen LogP contribution in [-0.2, 0) is 11.3 Å². The second kappa shape index (κ2) is 7.82. The molecule has 0 saturated carbocycles. The first-order chi connectivity index (χ1) is 13.0. The lowest BCUT2D eigenvalue weighted by molar-refractivity contribution is -0.118. The Morgan fingerprint density at radius 2 is 1.96 bits per heavy atom. The lowest BCUT2D eigenvalue weighted by atomic mass is 9.94. The number of ether oxygens (including phenoxy) is 1. The molecule has 3 amide bonds. The van der Waals surface area contributed by atoms with Crippen molar-refractivity contribution in [2.24, 2.45) is 0 Å². The van der Waals surface area contributed by atoms with Gasteiger partial charge in [0.25, 0.3) is 5.91 Å². The number of carbonyl (C=O) groups excluding carboxylic acids is 2. The molecule has 27 heavy (non-hydrogen) atoms. The summed E-state index contributed by atoms with van der Waals surface area (Å²) in [5, 5.41) is 18.1. The monoisotopic (exact) mass is 367 g/mol. The van der Waals surface area contributed by atoms with Crippen molar-refractivity contribution in [3.05, 3.63) is 70.9 Å². The molecule has 2 aromatic rings. The third-order valence-electron chi connectivity index (χ3n) is 4.35. The van der Waals surface area contributed by atoms with Gasteiger partial charge in [0.1, 0.15) is 0 Å². The van der Waals surface area contributed by atoms with Crippen molar-refractivity contribution >= 4 is 11.9 Å². The third-order valence-corrected chi connectivity index (χ3v) is 4.35. The Balaban J connectivity index is 1.88. The summed E-state index contributed by atoms with van der Waals surface area (Å²) >= 11 is 0.